The minimum Gasteiger partial charge on any atom is -0.384 e. The fourth-order valence-corrected chi connectivity index (χ4v) is 7.02. The molecule has 0 radical (unpaired) electrons. The van der Waals surface area contributed by atoms with Crippen molar-refractivity contribution in [2.24, 2.45) is 5.92 Å². The zero-order valence-electron chi connectivity index (χ0n) is 22.7. The molecule has 6 rings (SSSR count). The molecule has 1 aliphatic rings. The zero-order valence-corrected chi connectivity index (χ0v) is 22.7. The predicted octanol–water partition coefficient (Wildman–Crippen LogP) is 7.81. The largest absolute Gasteiger partial charge is 0.384 e. The van der Waals surface area contributed by atoms with E-state index < -0.39 is 28.8 Å². The third-order valence-electron chi connectivity index (χ3n) is 8.81. The molecule has 0 aromatic heterocycles. The lowest BCUT2D eigenvalue weighted by Crippen LogP contribution is -2.58. The molecule has 41 heavy (non-hydrogen) atoms. The van der Waals surface area contributed by atoms with Crippen LogP contribution in [0.1, 0.15) is 50.9 Å². The van der Waals surface area contributed by atoms with Crippen LogP contribution in [0.4, 0.5) is 0 Å². The second-order valence-electron chi connectivity index (χ2n) is 10.9. The van der Waals surface area contributed by atoms with Crippen LogP contribution in [0.15, 0.2) is 152 Å². The fourth-order valence-electron chi connectivity index (χ4n) is 7.02. The summed E-state index contributed by atoms with van der Waals surface area (Å²) in [6.07, 6.45) is 0.204. The van der Waals surface area contributed by atoms with E-state index in [-0.39, 0.29) is 12.2 Å². The number of Topliss-reactive ketones (excluding diaryl/α,β-unsaturated/α-hetero) is 1. The highest BCUT2D eigenvalue weighted by Crippen LogP contribution is 2.63. The maximum atomic E-state index is 14.8. The van der Waals surface area contributed by atoms with Crippen molar-refractivity contribution in [2.75, 3.05) is 0 Å². The normalized spacial score (nSPS) is 25.6. The van der Waals surface area contributed by atoms with Crippen LogP contribution < -0.4 is 0 Å². The van der Waals surface area contributed by atoms with Gasteiger partial charge >= 0.3 is 0 Å². The van der Waals surface area contributed by atoms with E-state index in [1.54, 1.807) is 12.1 Å². The quantitative estimate of drug-likeness (QED) is 0.227. The lowest BCUT2D eigenvalue weighted by Gasteiger charge is -2.56. The highest BCUT2D eigenvalue weighted by atomic mass is 16.3. The number of aliphatic hydroxyl groups is 1. The fraction of sp³-hybridized carbons (Fsp3) is 0.158. The number of hydrogen-bond donors (Lipinski definition) is 1. The smallest absolute Gasteiger partial charge is 0.169 e. The van der Waals surface area contributed by atoms with Gasteiger partial charge in [-0.2, -0.15) is 5.26 Å². The first-order valence-electron chi connectivity index (χ1n) is 14.0. The van der Waals surface area contributed by atoms with Crippen LogP contribution in [0.2, 0.25) is 0 Å². The van der Waals surface area contributed by atoms with E-state index >= 15 is 0 Å². The molecule has 5 aromatic rings. The van der Waals surface area contributed by atoms with E-state index in [0.29, 0.717) is 11.1 Å². The summed E-state index contributed by atoms with van der Waals surface area (Å²) in [6, 6.07) is 51.1. The molecule has 1 N–H and O–H groups in total. The number of rotatable bonds is 6. The summed E-state index contributed by atoms with van der Waals surface area (Å²) in [6.45, 7) is 0. The summed E-state index contributed by atoms with van der Waals surface area (Å²) in [5.41, 5.74) is 1.14. The predicted molar refractivity (Wildman–Crippen MR) is 161 cm³/mol. The summed E-state index contributed by atoms with van der Waals surface area (Å²) in [4.78, 5) is 14.8. The van der Waals surface area contributed by atoms with Crippen molar-refractivity contribution in [3.8, 4) is 6.07 Å². The lowest BCUT2D eigenvalue weighted by molar-refractivity contribution is -0.0738. The third-order valence-corrected chi connectivity index (χ3v) is 8.81. The third kappa shape index (κ3) is 4.47. The highest BCUT2D eigenvalue weighted by Gasteiger charge is 2.64. The summed E-state index contributed by atoms with van der Waals surface area (Å²) in [5, 5.41) is 24.5. The molecular formula is C38H31NO2. The maximum Gasteiger partial charge on any atom is 0.169 e. The molecule has 1 aliphatic carbocycles. The molecule has 0 spiro atoms. The van der Waals surface area contributed by atoms with E-state index in [1.165, 1.54) is 0 Å². The SMILES string of the molecule is N#C[C@@]1(c2ccccc2)[C@@H](c2ccccc2)C[C@@](O)(c2ccccc2)[C@H](C(=O)c2ccccc2)[C@H]1c1ccccc1. The Labute approximate surface area is 241 Å². The lowest BCUT2D eigenvalue weighted by atomic mass is 9.46. The van der Waals surface area contributed by atoms with Gasteiger partial charge in [0.25, 0.3) is 0 Å². The first-order chi connectivity index (χ1) is 20.1. The average Bonchev–Trinajstić information content (AvgIpc) is 3.06. The van der Waals surface area contributed by atoms with Gasteiger partial charge in [-0.1, -0.05) is 152 Å². The van der Waals surface area contributed by atoms with Crippen molar-refractivity contribution >= 4 is 5.78 Å². The molecule has 0 bridgehead atoms. The maximum absolute atomic E-state index is 14.8. The molecule has 3 heteroatoms. The molecule has 0 aliphatic heterocycles. The molecule has 0 amide bonds. The second-order valence-corrected chi connectivity index (χ2v) is 10.9. The van der Waals surface area contributed by atoms with E-state index in [4.69, 9.17) is 0 Å². The summed E-state index contributed by atoms with van der Waals surface area (Å²) < 4.78 is 0. The monoisotopic (exact) mass is 533 g/mol. The average molecular weight is 534 g/mol. The second kappa shape index (κ2) is 11.0. The van der Waals surface area contributed by atoms with E-state index in [0.717, 1.165) is 16.7 Å². The van der Waals surface area contributed by atoms with E-state index in [9.17, 15) is 15.2 Å². The molecule has 5 aromatic carbocycles. The molecule has 0 unspecified atom stereocenters. The Kier molecular flexibility index (Phi) is 7.10. The Balaban J connectivity index is 1.73. The van der Waals surface area contributed by atoms with Crippen LogP contribution in [-0.2, 0) is 11.0 Å². The van der Waals surface area contributed by atoms with Gasteiger partial charge < -0.3 is 5.11 Å². The number of carbonyl (C=O) groups is 1. The molecular weight excluding hydrogens is 502 g/mol. The zero-order chi connectivity index (χ0) is 28.3. The number of ketones is 1. The van der Waals surface area contributed by atoms with Gasteiger partial charge in [0.05, 0.1) is 17.4 Å². The topological polar surface area (TPSA) is 61.1 Å². The van der Waals surface area contributed by atoms with Gasteiger partial charge in [-0.05, 0) is 28.7 Å². The highest BCUT2D eigenvalue weighted by molar-refractivity contribution is 6.00. The van der Waals surface area contributed by atoms with Crippen LogP contribution >= 0.6 is 0 Å². The number of carbonyl (C=O) groups excluding carboxylic acids is 1. The summed E-state index contributed by atoms with van der Waals surface area (Å²) in [5.74, 6) is -2.18. The molecule has 1 saturated carbocycles. The van der Waals surface area contributed by atoms with Gasteiger partial charge in [0.15, 0.2) is 5.78 Å². The molecule has 1 fully saturated rings. The summed E-state index contributed by atoms with van der Waals surface area (Å²) in [7, 11) is 0. The van der Waals surface area contributed by atoms with Gasteiger partial charge in [0.2, 0.25) is 0 Å². The van der Waals surface area contributed by atoms with Crippen molar-refractivity contribution in [2.45, 2.75) is 29.3 Å². The van der Waals surface area contributed by atoms with Gasteiger partial charge in [-0.15, -0.1) is 0 Å². The Morgan fingerprint density at radius 3 is 1.59 bits per heavy atom. The first-order valence-corrected chi connectivity index (χ1v) is 14.0. The van der Waals surface area contributed by atoms with Crippen LogP contribution in [-0.4, -0.2) is 10.9 Å². The number of hydrogen-bond acceptors (Lipinski definition) is 3. The van der Waals surface area contributed by atoms with Gasteiger partial charge in [0, 0.05) is 17.4 Å². The van der Waals surface area contributed by atoms with Crippen LogP contribution in [0, 0.1) is 17.2 Å². The Morgan fingerprint density at radius 1 is 0.634 bits per heavy atom. The number of benzene rings is 5. The summed E-state index contributed by atoms with van der Waals surface area (Å²) >= 11 is 0. The molecule has 5 atom stereocenters. The first kappa shape index (κ1) is 26.4. The van der Waals surface area contributed by atoms with Crippen molar-refractivity contribution in [3.05, 3.63) is 179 Å². The van der Waals surface area contributed by atoms with Crippen molar-refractivity contribution in [1.82, 2.24) is 0 Å². The molecule has 3 nitrogen and oxygen atoms in total. The van der Waals surface area contributed by atoms with Gasteiger partial charge in [-0.3, -0.25) is 4.79 Å². The number of nitrogens with zero attached hydrogens (tertiary/aromatic N) is 1. The van der Waals surface area contributed by atoms with Crippen LogP contribution in [0.5, 0.6) is 0 Å². The van der Waals surface area contributed by atoms with Crippen molar-refractivity contribution in [3.63, 3.8) is 0 Å². The van der Waals surface area contributed by atoms with Crippen molar-refractivity contribution in [1.29, 1.82) is 5.26 Å². The van der Waals surface area contributed by atoms with Crippen LogP contribution in [0.25, 0.3) is 0 Å². The van der Waals surface area contributed by atoms with Gasteiger partial charge in [-0.25, -0.2) is 0 Å². The van der Waals surface area contributed by atoms with Crippen molar-refractivity contribution < 1.29 is 9.90 Å². The van der Waals surface area contributed by atoms with Gasteiger partial charge in [0.1, 0.15) is 5.60 Å². The number of nitriles is 1. The minimum absolute atomic E-state index is 0.173. The minimum atomic E-state index is -1.55. The molecule has 0 saturated heterocycles. The van der Waals surface area contributed by atoms with E-state index in [2.05, 4.69) is 6.07 Å². The van der Waals surface area contributed by atoms with Crippen LogP contribution in [0.3, 0.4) is 0 Å². The Bertz CT molecular complexity index is 1650. The van der Waals surface area contributed by atoms with E-state index in [1.807, 2.05) is 140 Å². The standard InChI is InChI=1S/C38H31NO2/c39-27-37(31-22-12-4-13-23-31)33(28-16-6-1-7-17-28)26-38(41,32-24-14-5-15-25-32)35(34(37)29-18-8-2-9-19-29)36(40)30-20-10-3-11-21-30/h1-25,33-35,41H,26H2/t33-,34-,35+,37-,38-/m1/s1. The Hall–Kier alpha value is -4.78. The molecule has 200 valence electrons. The molecule has 0 heterocycles. The Morgan fingerprint density at radius 2 is 1.07 bits per heavy atom.